The Morgan fingerprint density at radius 2 is 1.75 bits per heavy atom. The number of hydrogen-bond donors (Lipinski definition) is 0. The molecular formula is C3HF4N. The Bertz CT molecular complexity index is 109. The van der Waals surface area contributed by atoms with Gasteiger partial charge in [-0.15, -0.1) is 0 Å². The van der Waals surface area contributed by atoms with E-state index < -0.39 is 12.3 Å². The van der Waals surface area contributed by atoms with Crippen molar-refractivity contribution in [1.82, 2.24) is 0 Å². The van der Waals surface area contributed by atoms with Crippen molar-refractivity contribution in [2.75, 3.05) is 0 Å². The zero-order chi connectivity index (χ0) is 6.78. The summed E-state index contributed by atoms with van der Waals surface area (Å²) in [6, 6.07) is 0.413. The van der Waals surface area contributed by atoms with E-state index in [0.717, 1.165) is 0 Å². The fraction of sp³-hybridized carbons (Fsp3) is 0.667. The topological polar surface area (TPSA) is 23.8 Å². The molecule has 0 saturated heterocycles. The first kappa shape index (κ1) is 7.21. The number of alkyl halides is 4. The minimum absolute atomic E-state index is 0.413. The third-order valence-corrected chi connectivity index (χ3v) is 0.401. The Balaban J connectivity index is 3.87. The van der Waals surface area contributed by atoms with Crippen molar-refractivity contribution >= 4 is 0 Å². The summed E-state index contributed by atoms with van der Waals surface area (Å²) in [6.45, 7) is 0. The Morgan fingerprint density at radius 1 is 1.38 bits per heavy atom. The third kappa shape index (κ3) is 1.78. The van der Waals surface area contributed by atoms with Crippen molar-refractivity contribution in [2.24, 2.45) is 0 Å². The Morgan fingerprint density at radius 3 is 1.75 bits per heavy atom. The van der Waals surface area contributed by atoms with E-state index in [1.807, 2.05) is 0 Å². The molecule has 0 saturated carbocycles. The van der Waals surface area contributed by atoms with Crippen LogP contribution >= 0.6 is 0 Å². The second-order valence-corrected chi connectivity index (χ2v) is 1.03. The van der Waals surface area contributed by atoms with E-state index in [0.29, 0.717) is 6.07 Å². The molecule has 0 fully saturated rings. The predicted octanol–water partition coefficient (Wildman–Crippen LogP) is 1.41. The van der Waals surface area contributed by atoms with Crippen molar-refractivity contribution in [3.05, 3.63) is 0 Å². The van der Waals surface area contributed by atoms with Crippen LogP contribution in [0.15, 0.2) is 0 Å². The second kappa shape index (κ2) is 1.99. The summed E-state index contributed by atoms with van der Waals surface area (Å²) in [5.41, 5.74) is 0. The van der Waals surface area contributed by atoms with E-state index in [9.17, 15) is 17.6 Å². The van der Waals surface area contributed by atoms with Crippen LogP contribution in [0.25, 0.3) is 0 Å². The lowest BCUT2D eigenvalue weighted by Crippen LogP contribution is -2.21. The van der Waals surface area contributed by atoms with Gasteiger partial charge in [-0.25, -0.2) is 4.39 Å². The smallest absolute Gasteiger partial charge is 0.221 e. The average molecular weight is 127 g/mol. The molecule has 46 valence electrons. The minimum Gasteiger partial charge on any atom is -0.221 e. The first-order valence-corrected chi connectivity index (χ1v) is 1.59. The van der Waals surface area contributed by atoms with Crippen LogP contribution in [-0.2, 0) is 0 Å². The predicted molar refractivity (Wildman–Crippen MR) is 16.6 cm³/mol. The highest BCUT2D eigenvalue weighted by Crippen LogP contribution is 2.21. The lowest BCUT2D eigenvalue weighted by atomic mass is 10.4. The van der Waals surface area contributed by atoms with Crippen LogP contribution in [0.5, 0.6) is 0 Å². The number of rotatable bonds is 0. The molecular weight excluding hydrogens is 126 g/mol. The molecule has 0 bridgehead atoms. The Labute approximate surface area is 42.5 Å². The monoisotopic (exact) mass is 127 g/mol. The molecule has 0 radical (unpaired) electrons. The van der Waals surface area contributed by atoms with Crippen molar-refractivity contribution in [1.29, 1.82) is 5.26 Å². The zero-order valence-electron chi connectivity index (χ0n) is 3.54. The summed E-state index contributed by atoms with van der Waals surface area (Å²) >= 11 is 0. The van der Waals surface area contributed by atoms with Gasteiger partial charge in [0.1, 0.15) is 6.07 Å². The molecule has 0 heterocycles. The Hall–Kier alpha value is -0.790. The SMILES string of the molecule is N#CC(F)C(F)(F)F. The van der Waals surface area contributed by atoms with Crippen LogP contribution in [0.2, 0.25) is 0 Å². The molecule has 1 atom stereocenters. The summed E-state index contributed by atoms with van der Waals surface area (Å²) in [5, 5.41) is 7.33. The molecule has 0 spiro atoms. The van der Waals surface area contributed by atoms with Gasteiger partial charge in [0.15, 0.2) is 0 Å². The number of nitriles is 1. The normalized spacial score (nSPS) is 14.9. The second-order valence-electron chi connectivity index (χ2n) is 1.03. The van der Waals surface area contributed by atoms with Crippen LogP contribution in [0.1, 0.15) is 0 Å². The van der Waals surface area contributed by atoms with Gasteiger partial charge in [0.2, 0.25) is 0 Å². The van der Waals surface area contributed by atoms with Crippen LogP contribution in [0, 0.1) is 11.3 Å². The maximum Gasteiger partial charge on any atom is 0.433 e. The summed E-state index contributed by atoms with van der Waals surface area (Å²) < 4.78 is 43.7. The fourth-order valence-corrected chi connectivity index (χ4v) is 0.0732. The van der Waals surface area contributed by atoms with Crippen LogP contribution < -0.4 is 0 Å². The van der Waals surface area contributed by atoms with Crippen molar-refractivity contribution in [3.8, 4) is 6.07 Å². The largest absolute Gasteiger partial charge is 0.433 e. The molecule has 0 aliphatic rings. The van der Waals surface area contributed by atoms with Crippen LogP contribution in [0.3, 0.4) is 0 Å². The molecule has 1 nitrogen and oxygen atoms in total. The number of nitrogens with zero attached hydrogens (tertiary/aromatic N) is 1. The van der Waals surface area contributed by atoms with Gasteiger partial charge in [-0.1, -0.05) is 0 Å². The van der Waals surface area contributed by atoms with E-state index >= 15 is 0 Å². The molecule has 5 heteroatoms. The van der Waals surface area contributed by atoms with Crippen molar-refractivity contribution < 1.29 is 17.6 Å². The van der Waals surface area contributed by atoms with Gasteiger partial charge < -0.3 is 0 Å². The highest BCUT2D eigenvalue weighted by Gasteiger charge is 2.40. The molecule has 0 rings (SSSR count). The molecule has 0 aliphatic heterocycles. The molecule has 0 aliphatic carbocycles. The highest BCUT2D eigenvalue weighted by molar-refractivity contribution is 4.88. The lowest BCUT2D eigenvalue weighted by molar-refractivity contribution is -0.164. The molecule has 0 N–H and O–H groups in total. The van der Waals surface area contributed by atoms with E-state index in [1.54, 1.807) is 0 Å². The van der Waals surface area contributed by atoms with Gasteiger partial charge in [-0.3, -0.25) is 0 Å². The maximum absolute atomic E-state index is 11.2. The summed E-state index contributed by atoms with van der Waals surface area (Å²) in [6.07, 6.45) is -8.36. The van der Waals surface area contributed by atoms with E-state index in [-0.39, 0.29) is 0 Å². The first-order chi connectivity index (χ1) is 3.48. The number of hydrogen-bond acceptors (Lipinski definition) is 1. The fourth-order valence-electron chi connectivity index (χ4n) is 0.0732. The molecule has 0 aromatic carbocycles. The summed E-state index contributed by atoms with van der Waals surface area (Å²) in [5.74, 6) is 0. The van der Waals surface area contributed by atoms with Gasteiger partial charge in [0.05, 0.1) is 0 Å². The van der Waals surface area contributed by atoms with E-state index in [4.69, 9.17) is 5.26 Å². The summed E-state index contributed by atoms with van der Waals surface area (Å²) in [4.78, 5) is 0. The molecule has 0 amide bonds. The molecule has 8 heavy (non-hydrogen) atoms. The van der Waals surface area contributed by atoms with Crippen molar-refractivity contribution in [3.63, 3.8) is 0 Å². The third-order valence-electron chi connectivity index (χ3n) is 0.401. The van der Waals surface area contributed by atoms with Crippen LogP contribution in [0.4, 0.5) is 17.6 Å². The summed E-state index contributed by atoms with van der Waals surface area (Å²) in [7, 11) is 0. The standard InChI is InChI=1S/C3HF4N/c4-2(1-8)3(5,6)7/h2H. The maximum atomic E-state index is 11.2. The quantitative estimate of drug-likeness (QED) is 0.451. The lowest BCUT2D eigenvalue weighted by Gasteiger charge is -2.01. The van der Waals surface area contributed by atoms with Gasteiger partial charge in [-0.2, -0.15) is 18.4 Å². The number of halogens is 4. The van der Waals surface area contributed by atoms with E-state index in [1.165, 1.54) is 0 Å². The van der Waals surface area contributed by atoms with Crippen molar-refractivity contribution in [2.45, 2.75) is 12.3 Å². The first-order valence-electron chi connectivity index (χ1n) is 1.59. The average Bonchev–Trinajstić information content (AvgIpc) is 1.62. The Kier molecular flexibility index (Phi) is 1.79. The van der Waals surface area contributed by atoms with Gasteiger partial charge in [0, 0.05) is 0 Å². The minimum atomic E-state index is -5.02. The zero-order valence-corrected chi connectivity index (χ0v) is 3.54. The van der Waals surface area contributed by atoms with E-state index in [2.05, 4.69) is 0 Å². The highest BCUT2D eigenvalue weighted by atomic mass is 19.4. The molecule has 0 aromatic heterocycles. The molecule has 0 aromatic rings. The van der Waals surface area contributed by atoms with Gasteiger partial charge >= 0.3 is 6.18 Å². The van der Waals surface area contributed by atoms with Gasteiger partial charge in [0.25, 0.3) is 6.17 Å². The van der Waals surface area contributed by atoms with Gasteiger partial charge in [-0.05, 0) is 0 Å². The van der Waals surface area contributed by atoms with Crippen LogP contribution in [-0.4, -0.2) is 12.3 Å². The molecule has 1 unspecified atom stereocenters.